The Morgan fingerprint density at radius 1 is 1.25 bits per heavy atom. The second kappa shape index (κ2) is 5.44. The third kappa shape index (κ3) is 2.61. The van der Waals surface area contributed by atoms with Crippen LogP contribution in [0.2, 0.25) is 0 Å². The van der Waals surface area contributed by atoms with Crippen molar-refractivity contribution in [3.63, 3.8) is 0 Å². The van der Waals surface area contributed by atoms with Crippen LogP contribution in [0.15, 0.2) is 40.9 Å². The normalized spacial score (nSPS) is 13.8. The first-order chi connectivity index (χ1) is 9.54. The quantitative estimate of drug-likeness (QED) is 0.632. The van der Waals surface area contributed by atoms with Crippen molar-refractivity contribution in [3.8, 4) is 0 Å². The smallest absolute Gasteiger partial charge is 0.231 e. The van der Waals surface area contributed by atoms with E-state index >= 15 is 0 Å². The van der Waals surface area contributed by atoms with E-state index in [0.29, 0.717) is 17.4 Å². The van der Waals surface area contributed by atoms with Gasteiger partial charge in [-0.25, -0.2) is 4.39 Å². The zero-order valence-electron chi connectivity index (χ0n) is 10.4. The predicted molar refractivity (Wildman–Crippen MR) is 88.2 cm³/mol. The fraction of sp³-hybridized carbons (Fsp3) is 0.133. The maximum Gasteiger partial charge on any atom is 0.231 e. The standard InChI is InChI=1S/C15H10BrFINO/c16-13-7-11(17)2-1-9(13)8-19-14-4-3-12(18)5-10(14)6-15(19)20/h1-5,7H,6,8H2. The predicted octanol–water partition coefficient (Wildman–Crippen LogP) is 4.28. The summed E-state index contributed by atoms with van der Waals surface area (Å²) in [6.45, 7) is 0.452. The summed E-state index contributed by atoms with van der Waals surface area (Å²) in [5.41, 5.74) is 2.90. The molecular weight excluding hydrogens is 436 g/mol. The molecule has 0 aromatic heterocycles. The lowest BCUT2D eigenvalue weighted by molar-refractivity contribution is -0.117. The van der Waals surface area contributed by atoms with Gasteiger partial charge in [-0.3, -0.25) is 4.79 Å². The van der Waals surface area contributed by atoms with Gasteiger partial charge in [-0.1, -0.05) is 22.0 Å². The molecule has 0 N–H and O–H groups in total. The second-order valence-corrected chi connectivity index (χ2v) is 6.77. The third-order valence-electron chi connectivity index (χ3n) is 3.32. The number of halogens is 3. The summed E-state index contributed by atoms with van der Waals surface area (Å²) >= 11 is 5.59. The minimum Gasteiger partial charge on any atom is -0.307 e. The molecule has 1 aliphatic rings. The van der Waals surface area contributed by atoms with Crippen LogP contribution in [0.25, 0.3) is 0 Å². The Kier molecular flexibility index (Phi) is 3.81. The van der Waals surface area contributed by atoms with Crippen molar-refractivity contribution in [2.45, 2.75) is 13.0 Å². The zero-order chi connectivity index (χ0) is 14.3. The number of amides is 1. The molecule has 20 heavy (non-hydrogen) atoms. The van der Waals surface area contributed by atoms with Crippen molar-refractivity contribution in [3.05, 3.63) is 61.4 Å². The van der Waals surface area contributed by atoms with Crippen LogP contribution in [0, 0.1) is 9.39 Å². The summed E-state index contributed by atoms with van der Waals surface area (Å²) in [5.74, 6) is -0.207. The van der Waals surface area contributed by atoms with E-state index in [4.69, 9.17) is 0 Å². The van der Waals surface area contributed by atoms with Crippen LogP contribution in [0.1, 0.15) is 11.1 Å². The Morgan fingerprint density at radius 2 is 2.05 bits per heavy atom. The largest absolute Gasteiger partial charge is 0.307 e. The number of hydrogen-bond acceptors (Lipinski definition) is 1. The minimum absolute atomic E-state index is 0.0817. The van der Waals surface area contributed by atoms with E-state index in [-0.39, 0.29) is 11.7 Å². The lowest BCUT2D eigenvalue weighted by Gasteiger charge is -2.18. The van der Waals surface area contributed by atoms with Gasteiger partial charge in [0, 0.05) is 13.7 Å². The number of anilines is 1. The first-order valence-electron chi connectivity index (χ1n) is 6.07. The molecule has 1 heterocycles. The van der Waals surface area contributed by atoms with Crippen molar-refractivity contribution < 1.29 is 9.18 Å². The van der Waals surface area contributed by atoms with E-state index in [1.165, 1.54) is 12.1 Å². The highest BCUT2D eigenvalue weighted by atomic mass is 127. The summed E-state index contributed by atoms with van der Waals surface area (Å²) < 4.78 is 14.9. The van der Waals surface area contributed by atoms with Gasteiger partial charge in [0.2, 0.25) is 5.91 Å². The van der Waals surface area contributed by atoms with Gasteiger partial charge in [0.1, 0.15) is 5.82 Å². The Hall–Kier alpha value is -0.950. The summed E-state index contributed by atoms with van der Waals surface area (Å²) in [4.78, 5) is 13.9. The van der Waals surface area contributed by atoms with Gasteiger partial charge in [-0.2, -0.15) is 0 Å². The zero-order valence-corrected chi connectivity index (χ0v) is 14.1. The fourth-order valence-electron chi connectivity index (χ4n) is 2.35. The van der Waals surface area contributed by atoms with Crippen LogP contribution in [0.5, 0.6) is 0 Å². The van der Waals surface area contributed by atoms with E-state index in [2.05, 4.69) is 38.5 Å². The van der Waals surface area contributed by atoms with Gasteiger partial charge in [0.05, 0.1) is 13.0 Å². The van der Waals surface area contributed by atoms with Crippen LogP contribution in [-0.2, 0) is 17.8 Å². The number of carbonyl (C=O) groups excluding carboxylic acids is 1. The number of carbonyl (C=O) groups is 1. The SMILES string of the molecule is O=C1Cc2cc(I)ccc2N1Cc1ccc(F)cc1Br. The first kappa shape index (κ1) is 14.0. The summed E-state index contributed by atoms with van der Waals surface area (Å²) in [6, 6.07) is 10.5. The summed E-state index contributed by atoms with van der Waals surface area (Å²) in [7, 11) is 0. The molecule has 0 bridgehead atoms. The first-order valence-corrected chi connectivity index (χ1v) is 7.94. The maximum absolute atomic E-state index is 13.1. The molecule has 0 saturated carbocycles. The molecule has 0 unspecified atom stereocenters. The van der Waals surface area contributed by atoms with Gasteiger partial charge >= 0.3 is 0 Å². The number of fused-ring (bicyclic) bond motifs is 1. The Labute approximate surface area is 138 Å². The molecule has 0 saturated heterocycles. The Morgan fingerprint density at radius 3 is 2.80 bits per heavy atom. The van der Waals surface area contributed by atoms with Gasteiger partial charge in [-0.05, 0) is 64.0 Å². The fourth-order valence-corrected chi connectivity index (χ4v) is 3.38. The molecule has 1 aliphatic heterocycles. The van der Waals surface area contributed by atoms with E-state index in [9.17, 15) is 9.18 Å². The van der Waals surface area contributed by atoms with Crippen LogP contribution in [-0.4, -0.2) is 5.91 Å². The van der Waals surface area contributed by atoms with Crippen molar-refractivity contribution in [2.75, 3.05) is 4.90 Å². The van der Waals surface area contributed by atoms with Gasteiger partial charge in [0.25, 0.3) is 0 Å². The highest BCUT2D eigenvalue weighted by Crippen LogP contribution is 2.32. The lowest BCUT2D eigenvalue weighted by Crippen LogP contribution is -2.26. The molecule has 0 fully saturated rings. The average Bonchev–Trinajstić information content (AvgIpc) is 2.68. The molecule has 2 nitrogen and oxygen atoms in total. The highest BCUT2D eigenvalue weighted by Gasteiger charge is 2.27. The van der Waals surface area contributed by atoms with Gasteiger partial charge in [0.15, 0.2) is 0 Å². The summed E-state index contributed by atoms with van der Waals surface area (Å²) in [6.07, 6.45) is 0.436. The average molecular weight is 446 g/mol. The number of nitrogens with zero attached hydrogens (tertiary/aromatic N) is 1. The van der Waals surface area contributed by atoms with Crippen molar-refractivity contribution in [1.82, 2.24) is 0 Å². The molecule has 0 aliphatic carbocycles. The molecule has 0 radical (unpaired) electrons. The monoisotopic (exact) mass is 445 g/mol. The molecular formula is C15H10BrFINO. The van der Waals surface area contributed by atoms with Gasteiger partial charge < -0.3 is 4.90 Å². The van der Waals surface area contributed by atoms with Crippen molar-refractivity contribution in [1.29, 1.82) is 0 Å². The molecule has 102 valence electrons. The third-order valence-corrected chi connectivity index (χ3v) is 4.73. The molecule has 0 spiro atoms. The molecule has 2 aromatic carbocycles. The van der Waals surface area contributed by atoms with Crippen molar-refractivity contribution >= 4 is 50.1 Å². The molecule has 5 heteroatoms. The van der Waals surface area contributed by atoms with E-state index in [1.807, 2.05) is 18.2 Å². The second-order valence-electron chi connectivity index (χ2n) is 4.67. The topological polar surface area (TPSA) is 20.3 Å². The number of hydrogen-bond donors (Lipinski definition) is 0. The van der Waals surface area contributed by atoms with Crippen LogP contribution >= 0.6 is 38.5 Å². The molecule has 1 amide bonds. The molecule has 3 rings (SSSR count). The van der Waals surface area contributed by atoms with E-state index < -0.39 is 0 Å². The summed E-state index contributed by atoms with van der Waals surface area (Å²) in [5, 5.41) is 0. The Bertz CT molecular complexity index is 704. The van der Waals surface area contributed by atoms with Crippen LogP contribution in [0.4, 0.5) is 10.1 Å². The van der Waals surface area contributed by atoms with Crippen LogP contribution < -0.4 is 4.90 Å². The van der Waals surface area contributed by atoms with E-state index in [0.717, 1.165) is 20.4 Å². The molecule has 0 atom stereocenters. The van der Waals surface area contributed by atoms with Gasteiger partial charge in [-0.15, -0.1) is 0 Å². The lowest BCUT2D eigenvalue weighted by atomic mass is 10.1. The number of rotatable bonds is 2. The highest BCUT2D eigenvalue weighted by molar-refractivity contribution is 14.1. The maximum atomic E-state index is 13.1. The van der Waals surface area contributed by atoms with Crippen molar-refractivity contribution in [2.24, 2.45) is 0 Å². The minimum atomic E-state index is -0.289. The van der Waals surface area contributed by atoms with Crippen LogP contribution in [0.3, 0.4) is 0 Å². The van der Waals surface area contributed by atoms with E-state index in [1.54, 1.807) is 11.0 Å². The number of benzene rings is 2. The molecule has 2 aromatic rings. The Balaban J connectivity index is 1.94.